The number of hydrogen-bond acceptors (Lipinski definition) is 3. The predicted octanol–water partition coefficient (Wildman–Crippen LogP) is 4.15. The van der Waals surface area contributed by atoms with E-state index in [1.54, 1.807) is 0 Å². The van der Waals surface area contributed by atoms with Crippen molar-refractivity contribution in [2.45, 2.75) is 67.0 Å². The minimum atomic E-state index is 0.577. The summed E-state index contributed by atoms with van der Waals surface area (Å²) in [6, 6.07) is 5.02. The molecule has 0 aliphatic heterocycles. The molecule has 0 amide bonds. The van der Waals surface area contributed by atoms with Crippen LogP contribution in [0, 0.1) is 12.8 Å². The maximum absolute atomic E-state index is 4.81. The van der Waals surface area contributed by atoms with Gasteiger partial charge in [0.05, 0.1) is 0 Å². The van der Waals surface area contributed by atoms with E-state index in [1.807, 2.05) is 0 Å². The second-order valence-electron chi connectivity index (χ2n) is 6.27. The van der Waals surface area contributed by atoms with Gasteiger partial charge in [-0.25, -0.2) is 4.98 Å². The second kappa shape index (κ2) is 9.04. The molecule has 0 saturated carbocycles. The van der Waals surface area contributed by atoms with Crippen molar-refractivity contribution in [3.05, 3.63) is 23.4 Å². The average molecular weight is 291 g/mol. The van der Waals surface area contributed by atoms with Crippen LogP contribution in [-0.4, -0.2) is 24.1 Å². The molecule has 1 rings (SSSR count). The summed E-state index contributed by atoms with van der Waals surface area (Å²) in [7, 11) is 0. The predicted molar refractivity (Wildman–Crippen MR) is 92.9 cm³/mol. The zero-order valence-electron chi connectivity index (χ0n) is 14.7. The van der Waals surface area contributed by atoms with Gasteiger partial charge in [0.1, 0.15) is 5.82 Å². The summed E-state index contributed by atoms with van der Waals surface area (Å²) in [6.07, 6.45) is 2.34. The van der Waals surface area contributed by atoms with E-state index in [-0.39, 0.29) is 0 Å². The summed E-state index contributed by atoms with van der Waals surface area (Å²) in [5.74, 6) is 1.79. The van der Waals surface area contributed by atoms with Gasteiger partial charge in [-0.15, -0.1) is 0 Å². The zero-order chi connectivity index (χ0) is 15.8. The molecule has 0 aliphatic rings. The van der Waals surface area contributed by atoms with Gasteiger partial charge in [0.2, 0.25) is 0 Å². The van der Waals surface area contributed by atoms with E-state index in [1.165, 1.54) is 18.4 Å². The summed E-state index contributed by atoms with van der Waals surface area (Å²) >= 11 is 0. The highest BCUT2D eigenvalue weighted by molar-refractivity contribution is 5.44. The number of nitrogens with zero attached hydrogens (tertiary/aromatic N) is 2. The van der Waals surface area contributed by atoms with Gasteiger partial charge in [-0.05, 0) is 49.9 Å². The van der Waals surface area contributed by atoms with Crippen molar-refractivity contribution in [1.29, 1.82) is 0 Å². The molecule has 0 saturated heterocycles. The molecule has 1 aromatic rings. The first-order valence-corrected chi connectivity index (χ1v) is 8.46. The van der Waals surface area contributed by atoms with Crippen LogP contribution in [0.15, 0.2) is 12.1 Å². The Labute approximate surface area is 131 Å². The molecule has 1 N–H and O–H groups in total. The standard InChI is InChI=1S/C18H33N3/c1-7-17(8-2)21(13-14(4)5)18-11-16(12-19-9-3)10-15(6)20-18/h10-11,14,17,19H,7-9,12-13H2,1-6H3. The monoisotopic (exact) mass is 291 g/mol. The molecular weight excluding hydrogens is 258 g/mol. The van der Waals surface area contributed by atoms with Crippen LogP contribution in [0.4, 0.5) is 5.82 Å². The molecule has 1 aromatic heterocycles. The highest BCUT2D eigenvalue weighted by atomic mass is 15.2. The van der Waals surface area contributed by atoms with Crippen molar-refractivity contribution in [2.75, 3.05) is 18.0 Å². The summed E-state index contributed by atoms with van der Waals surface area (Å²) in [6.45, 7) is 16.3. The normalized spacial score (nSPS) is 11.4. The van der Waals surface area contributed by atoms with E-state index in [0.29, 0.717) is 12.0 Å². The second-order valence-corrected chi connectivity index (χ2v) is 6.27. The van der Waals surface area contributed by atoms with E-state index in [0.717, 1.165) is 31.1 Å². The molecule has 21 heavy (non-hydrogen) atoms. The lowest BCUT2D eigenvalue weighted by Gasteiger charge is -2.33. The molecule has 0 aliphatic carbocycles. The van der Waals surface area contributed by atoms with Crippen LogP contribution < -0.4 is 10.2 Å². The van der Waals surface area contributed by atoms with Gasteiger partial charge in [0, 0.05) is 24.8 Å². The first-order valence-electron chi connectivity index (χ1n) is 8.46. The molecule has 0 fully saturated rings. The lowest BCUT2D eigenvalue weighted by atomic mass is 10.1. The number of anilines is 1. The smallest absolute Gasteiger partial charge is 0.129 e. The van der Waals surface area contributed by atoms with Crippen LogP contribution in [0.5, 0.6) is 0 Å². The maximum atomic E-state index is 4.81. The van der Waals surface area contributed by atoms with Crippen LogP contribution in [0.2, 0.25) is 0 Å². The molecular formula is C18H33N3. The molecule has 120 valence electrons. The lowest BCUT2D eigenvalue weighted by Crippen LogP contribution is -2.38. The van der Waals surface area contributed by atoms with Crippen molar-refractivity contribution in [3.63, 3.8) is 0 Å². The van der Waals surface area contributed by atoms with Gasteiger partial charge in [0.25, 0.3) is 0 Å². The Morgan fingerprint density at radius 3 is 2.33 bits per heavy atom. The van der Waals surface area contributed by atoms with Crippen molar-refractivity contribution in [1.82, 2.24) is 10.3 Å². The Morgan fingerprint density at radius 1 is 1.14 bits per heavy atom. The quantitative estimate of drug-likeness (QED) is 0.741. The molecule has 0 spiro atoms. The Hall–Kier alpha value is -1.09. The highest BCUT2D eigenvalue weighted by Crippen LogP contribution is 2.22. The van der Waals surface area contributed by atoms with Crippen molar-refractivity contribution >= 4 is 5.82 Å². The largest absolute Gasteiger partial charge is 0.353 e. The third-order valence-electron chi connectivity index (χ3n) is 3.82. The van der Waals surface area contributed by atoms with Crippen LogP contribution in [0.25, 0.3) is 0 Å². The summed E-state index contributed by atoms with van der Waals surface area (Å²) < 4.78 is 0. The van der Waals surface area contributed by atoms with Gasteiger partial charge in [-0.2, -0.15) is 0 Å². The van der Waals surface area contributed by atoms with Gasteiger partial charge in [-0.3, -0.25) is 0 Å². The fourth-order valence-electron chi connectivity index (χ4n) is 2.79. The average Bonchev–Trinajstić information content (AvgIpc) is 2.44. The highest BCUT2D eigenvalue weighted by Gasteiger charge is 2.18. The number of pyridine rings is 1. The van der Waals surface area contributed by atoms with E-state index in [2.05, 4.69) is 63.9 Å². The first-order chi connectivity index (χ1) is 10.0. The Morgan fingerprint density at radius 2 is 1.81 bits per heavy atom. The first kappa shape index (κ1) is 18.0. The van der Waals surface area contributed by atoms with Gasteiger partial charge in [-0.1, -0.05) is 34.6 Å². The number of aryl methyl sites for hydroxylation is 1. The van der Waals surface area contributed by atoms with E-state index < -0.39 is 0 Å². The molecule has 3 nitrogen and oxygen atoms in total. The van der Waals surface area contributed by atoms with Crippen LogP contribution in [0.3, 0.4) is 0 Å². The third kappa shape index (κ3) is 5.66. The molecule has 1 heterocycles. The Bertz CT molecular complexity index is 411. The topological polar surface area (TPSA) is 28.2 Å². The fraction of sp³-hybridized carbons (Fsp3) is 0.722. The Balaban J connectivity index is 3.07. The van der Waals surface area contributed by atoms with E-state index in [4.69, 9.17) is 4.98 Å². The molecule has 0 radical (unpaired) electrons. The van der Waals surface area contributed by atoms with E-state index >= 15 is 0 Å². The summed E-state index contributed by atoms with van der Waals surface area (Å²) in [5, 5.41) is 3.41. The number of hydrogen-bond donors (Lipinski definition) is 1. The number of rotatable bonds is 9. The van der Waals surface area contributed by atoms with Gasteiger partial charge < -0.3 is 10.2 Å². The van der Waals surface area contributed by atoms with Crippen LogP contribution >= 0.6 is 0 Å². The van der Waals surface area contributed by atoms with E-state index in [9.17, 15) is 0 Å². The van der Waals surface area contributed by atoms with Crippen LogP contribution in [0.1, 0.15) is 58.7 Å². The molecule has 0 bridgehead atoms. The van der Waals surface area contributed by atoms with Crippen molar-refractivity contribution in [2.24, 2.45) is 5.92 Å². The summed E-state index contributed by atoms with van der Waals surface area (Å²) in [4.78, 5) is 7.32. The Kier molecular flexibility index (Phi) is 7.73. The minimum Gasteiger partial charge on any atom is -0.353 e. The summed E-state index contributed by atoms with van der Waals surface area (Å²) in [5.41, 5.74) is 2.44. The number of nitrogens with one attached hydrogen (secondary N) is 1. The fourth-order valence-corrected chi connectivity index (χ4v) is 2.79. The SMILES string of the molecule is CCNCc1cc(C)nc(N(CC(C)C)C(CC)CC)c1. The molecule has 0 aromatic carbocycles. The van der Waals surface area contributed by atoms with Gasteiger partial charge >= 0.3 is 0 Å². The molecule has 0 unspecified atom stereocenters. The molecule has 0 atom stereocenters. The molecule has 3 heteroatoms. The number of aromatic nitrogens is 1. The maximum Gasteiger partial charge on any atom is 0.129 e. The van der Waals surface area contributed by atoms with Crippen molar-refractivity contribution < 1.29 is 0 Å². The zero-order valence-corrected chi connectivity index (χ0v) is 14.7. The van der Waals surface area contributed by atoms with Gasteiger partial charge in [0.15, 0.2) is 0 Å². The third-order valence-corrected chi connectivity index (χ3v) is 3.82. The minimum absolute atomic E-state index is 0.577. The lowest BCUT2D eigenvalue weighted by molar-refractivity contribution is 0.503. The van der Waals surface area contributed by atoms with Crippen molar-refractivity contribution in [3.8, 4) is 0 Å². The van der Waals surface area contributed by atoms with Crippen LogP contribution in [-0.2, 0) is 6.54 Å².